The second-order valence-corrected chi connectivity index (χ2v) is 9.28. The van der Waals surface area contributed by atoms with E-state index in [-0.39, 0.29) is 5.91 Å². The van der Waals surface area contributed by atoms with Gasteiger partial charge in [-0.3, -0.25) is 9.52 Å². The van der Waals surface area contributed by atoms with Gasteiger partial charge in [0.05, 0.1) is 18.5 Å². The van der Waals surface area contributed by atoms with Gasteiger partial charge in [0.2, 0.25) is 15.9 Å². The molecule has 6 heteroatoms. The molecule has 3 aromatic carbocycles. The van der Waals surface area contributed by atoms with E-state index in [4.69, 9.17) is 0 Å². The molecule has 0 saturated heterocycles. The molecule has 0 aliphatic rings. The Kier molecular flexibility index (Phi) is 7.47. The van der Waals surface area contributed by atoms with Crippen molar-refractivity contribution in [3.8, 4) is 11.1 Å². The number of nitrogens with one attached hydrogen (secondary N) is 1. The molecule has 31 heavy (non-hydrogen) atoms. The number of rotatable bonds is 9. The van der Waals surface area contributed by atoms with E-state index in [1.54, 1.807) is 12.1 Å². The third-order valence-electron chi connectivity index (χ3n) is 4.94. The predicted molar refractivity (Wildman–Crippen MR) is 128 cm³/mol. The van der Waals surface area contributed by atoms with Gasteiger partial charge in [-0.25, -0.2) is 8.42 Å². The van der Waals surface area contributed by atoms with Crippen molar-refractivity contribution in [3.05, 3.63) is 84.4 Å². The molecule has 0 aromatic heterocycles. The first-order valence-corrected chi connectivity index (χ1v) is 12.3. The Balaban J connectivity index is 1.84. The van der Waals surface area contributed by atoms with Gasteiger partial charge in [0, 0.05) is 17.7 Å². The number of para-hydroxylation sites is 2. The molecule has 0 saturated carbocycles. The maximum Gasteiger partial charge on any atom is 0.229 e. The predicted octanol–water partition coefficient (Wildman–Crippen LogP) is 5.45. The smallest absolute Gasteiger partial charge is 0.229 e. The number of benzene rings is 3. The van der Waals surface area contributed by atoms with Crippen LogP contribution in [0.1, 0.15) is 31.7 Å². The summed E-state index contributed by atoms with van der Waals surface area (Å²) < 4.78 is 25.9. The fourth-order valence-corrected chi connectivity index (χ4v) is 3.97. The zero-order valence-electron chi connectivity index (χ0n) is 17.9. The summed E-state index contributed by atoms with van der Waals surface area (Å²) in [5, 5.41) is 0. The standard InChI is InChI=1S/C25H28N2O3S/c1-3-4-14-25(28)27(22-10-6-5-7-11-22)19-20-15-17-21(18-16-20)23-12-8-9-13-24(23)26-31(2,29)30/h5-13,15-18,26H,3-4,14,19H2,1-2H3. The zero-order chi connectivity index (χ0) is 22.3. The van der Waals surface area contributed by atoms with E-state index in [0.717, 1.165) is 41.5 Å². The topological polar surface area (TPSA) is 66.5 Å². The van der Waals surface area contributed by atoms with Crippen LogP contribution in [-0.4, -0.2) is 20.6 Å². The van der Waals surface area contributed by atoms with Gasteiger partial charge < -0.3 is 4.90 Å². The molecule has 0 bridgehead atoms. The van der Waals surface area contributed by atoms with Crippen LogP contribution in [0.2, 0.25) is 0 Å². The number of carbonyl (C=O) groups is 1. The summed E-state index contributed by atoms with van der Waals surface area (Å²) in [6.07, 6.45) is 3.50. The molecule has 0 spiro atoms. The molecule has 1 amide bonds. The van der Waals surface area contributed by atoms with E-state index in [9.17, 15) is 13.2 Å². The molecule has 0 heterocycles. The molecular weight excluding hydrogens is 408 g/mol. The summed E-state index contributed by atoms with van der Waals surface area (Å²) in [5.41, 5.74) is 4.14. The van der Waals surface area contributed by atoms with Crippen LogP contribution in [0, 0.1) is 0 Å². The zero-order valence-corrected chi connectivity index (χ0v) is 18.7. The molecule has 3 aromatic rings. The van der Waals surface area contributed by atoms with Crippen LogP contribution >= 0.6 is 0 Å². The van der Waals surface area contributed by atoms with Gasteiger partial charge in [-0.15, -0.1) is 0 Å². The van der Waals surface area contributed by atoms with E-state index < -0.39 is 10.0 Å². The normalized spacial score (nSPS) is 11.2. The van der Waals surface area contributed by atoms with Gasteiger partial charge in [-0.2, -0.15) is 0 Å². The summed E-state index contributed by atoms with van der Waals surface area (Å²) in [6, 6.07) is 24.9. The van der Waals surface area contributed by atoms with Crippen molar-refractivity contribution in [1.29, 1.82) is 0 Å². The molecule has 5 nitrogen and oxygen atoms in total. The third kappa shape index (κ3) is 6.43. The van der Waals surface area contributed by atoms with Crippen molar-refractivity contribution in [1.82, 2.24) is 0 Å². The molecule has 0 fully saturated rings. The van der Waals surface area contributed by atoms with E-state index in [1.165, 1.54) is 0 Å². The van der Waals surface area contributed by atoms with Gasteiger partial charge in [-0.05, 0) is 35.7 Å². The highest BCUT2D eigenvalue weighted by atomic mass is 32.2. The van der Waals surface area contributed by atoms with Crippen molar-refractivity contribution in [2.45, 2.75) is 32.7 Å². The summed E-state index contributed by atoms with van der Waals surface area (Å²) in [5.74, 6) is 0.111. The van der Waals surface area contributed by atoms with E-state index in [0.29, 0.717) is 18.7 Å². The molecular formula is C25H28N2O3S. The second-order valence-electron chi connectivity index (χ2n) is 7.54. The average Bonchev–Trinajstić information content (AvgIpc) is 2.76. The Labute approximate surface area is 184 Å². The highest BCUT2D eigenvalue weighted by Gasteiger charge is 2.16. The van der Waals surface area contributed by atoms with Crippen LogP contribution in [0.5, 0.6) is 0 Å². The maximum atomic E-state index is 12.8. The third-order valence-corrected chi connectivity index (χ3v) is 5.53. The summed E-state index contributed by atoms with van der Waals surface area (Å²) in [6.45, 7) is 2.56. The van der Waals surface area contributed by atoms with Crippen LogP contribution in [0.4, 0.5) is 11.4 Å². The lowest BCUT2D eigenvalue weighted by Gasteiger charge is -2.23. The number of carbonyl (C=O) groups excluding carboxylic acids is 1. The van der Waals surface area contributed by atoms with Gasteiger partial charge in [0.25, 0.3) is 0 Å². The fourth-order valence-electron chi connectivity index (χ4n) is 3.39. The first-order chi connectivity index (χ1) is 14.9. The van der Waals surface area contributed by atoms with Gasteiger partial charge >= 0.3 is 0 Å². The molecule has 0 atom stereocenters. The van der Waals surface area contributed by atoms with Crippen LogP contribution in [0.3, 0.4) is 0 Å². The van der Waals surface area contributed by atoms with Crippen LogP contribution < -0.4 is 9.62 Å². The monoisotopic (exact) mass is 436 g/mol. The number of unbranched alkanes of at least 4 members (excludes halogenated alkanes) is 1. The van der Waals surface area contributed by atoms with Gasteiger partial charge in [0.1, 0.15) is 0 Å². The highest BCUT2D eigenvalue weighted by molar-refractivity contribution is 7.92. The lowest BCUT2D eigenvalue weighted by Crippen LogP contribution is -2.30. The summed E-state index contributed by atoms with van der Waals surface area (Å²) in [4.78, 5) is 14.7. The first kappa shape index (κ1) is 22.6. The minimum atomic E-state index is -3.37. The molecule has 0 aliphatic heterocycles. The molecule has 0 unspecified atom stereocenters. The van der Waals surface area contributed by atoms with Crippen molar-refractivity contribution < 1.29 is 13.2 Å². The molecule has 1 N–H and O–H groups in total. The van der Waals surface area contributed by atoms with Crippen LogP contribution in [-0.2, 0) is 21.4 Å². The highest BCUT2D eigenvalue weighted by Crippen LogP contribution is 2.29. The van der Waals surface area contributed by atoms with E-state index in [1.807, 2.05) is 71.6 Å². The largest absolute Gasteiger partial charge is 0.308 e. The number of hydrogen-bond donors (Lipinski definition) is 1. The quantitative estimate of drug-likeness (QED) is 0.485. The SMILES string of the molecule is CCCCC(=O)N(Cc1ccc(-c2ccccc2NS(C)(=O)=O)cc1)c1ccccc1. The minimum Gasteiger partial charge on any atom is -0.308 e. The number of sulfonamides is 1. The van der Waals surface area contributed by atoms with Crippen molar-refractivity contribution in [2.24, 2.45) is 0 Å². The van der Waals surface area contributed by atoms with Gasteiger partial charge in [-0.1, -0.05) is 74.0 Å². The first-order valence-electron chi connectivity index (χ1n) is 10.4. The molecule has 3 rings (SSSR count). The Morgan fingerprint density at radius 1 is 0.903 bits per heavy atom. The second kappa shape index (κ2) is 10.3. The van der Waals surface area contributed by atoms with Crippen LogP contribution in [0.15, 0.2) is 78.9 Å². The van der Waals surface area contributed by atoms with Gasteiger partial charge in [0.15, 0.2) is 0 Å². The lowest BCUT2D eigenvalue weighted by atomic mass is 10.0. The number of amides is 1. The van der Waals surface area contributed by atoms with Crippen molar-refractivity contribution in [2.75, 3.05) is 15.9 Å². The number of anilines is 2. The number of nitrogens with zero attached hydrogens (tertiary/aromatic N) is 1. The fraction of sp³-hybridized carbons (Fsp3) is 0.240. The summed E-state index contributed by atoms with van der Waals surface area (Å²) >= 11 is 0. The Hall–Kier alpha value is -3.12. The molecule has 0 aliphatic carbocycles. The Morgan fingerprint density at radius 2 is 1.55 bits per heavy atom. The van der Waals surface area contributed by atoms with Crippen LogP contribution in [0.25, 0.3) is 11.1 Å². The molecule has 162 valence electrons. The Bertz CT molecular complexity index is 1110. The average molecular weight is 437 g/mol. The maximum absolute atomic E-state index is 12.8. The van der Waals surface area contributed by atoms with E-state index in [2.05, 4.69) is 11.6 Å². The summed E-state index contributed by atoms with van der Waals surface area (Å²) in [7, 11) is -3.37. The lowest BCUT2D eigenvalue weighted by molar-refractivity contribution is -0.118. The molecule has 0 radical (unpaired) electrons. The minimum absolute atomic E-state index is 0.111. The number of hydrogen-bond acceptors (Lipinski definition) is 3. The van der Waals surface area contributed by atoms with Crippen molar-refractivity contribution in [3.63, 3.8) is 0 Å². The Morgan fingerprint density at radius 3 is 2.19 bits per heavy atom. The van der Waals surface area contributed by atoms with Crippen molar-refractivity contribution >= 4 is 27.3 Å². The van der Waals surface area contributed by atoms with E-state index >= 15 is 0 Å².